The summed E-state index contributed by atoms with van der Waals surface area (Å²) in [6.07, 6.45) is 0.898. The summed E-state index contributed by atoms with van der Waals surface area (Å²) in [4.78, 5) is 4.41. The molecule has 6 nitrogen and oxygen atoms in total. The molecule has 0 saturated heterocycles. The van der Waals surface area contributed by atoms with Crippen LogP contribution in [0.5, 0.6) is 0 Å². The molecule has 0 saturated carbocycles. The Morgan fingerprint density at radius 3 is 2.68 bits per heavy atom. The number of nitrogens with zero attached hydrogens (tertiary/aromatic N) is 1. The Kier molecular flexibility index (Phi) is 10.5. The zero-order valence-electron chi connectivity index (χ0n) is 13.8. The van der Waals surface area contributed by atoms with Crippen LogP contribution in [0.25, 0.3) is 0 Å². The van der Waals surface area contributed by atoms with Crippen molar-refractivity contribution in [3.05, 3.63) is 23.7 Å². The van der Waals surface area contributed by atoms with E-state index in [1.165, 1.54) is 0 Å². The van der Waals surface area contributed by atoms with Gasteiger partial charge in [0.2, 0.25) is 0 Å². The van der Waals surface area contributed by atoms with Crippen LogP contribution in [0.3, 0.4) is 0 Å². The maximum Gasteiger partial charge on any atom is 0.191 e. The third-order valence-electron chi connectivity index (χ3n) is 2.98. The number of rotatable bonds is 8. The maximum atomic E-state index is 10.4. The predicted molar refractivity (Wildman–Crippen MR) is 98.9 cm³/mol. The van der Waals surface area contributed by atoms with E-state index in [9.17, 15) is 5.11 Å². The average molecular weight is 425 g/mol. The first-order valence-electron chi connectivity index (χ1n) is 7.30. The van der Waals surface area contributed by atoms with E-state index in [4.69, 9.17) is 9.15 Å². The summed E-state index contributed by atoms with van der Waals surface area (Å²) in [5.41, 5.74) is -1.12. The van der Waals surface area contributed by atoms with Crippen molar-refractivity contribution in [2.24, 2.45) is 4.99 Å². The van der Waals surface area contributed by atoms with Crippen LogP contribution in [0.15, 0.2) is 21.5 Å². The molecule has 0 bridgehead atoms. The molecular weight excluding hydrogens is 397 g/mol. The highest BCUT2D eigenvalue weighted by atomic mass is 127. The summed E-state index contributed by atoms with van der Waals surface area (Å²) in [5.74, 6) is 1.98. The van der Waals surface area contributed by atoms with Gasteiger partial charge in [0.15, 0.2) is 5.96 Å². The third-order valence-corrected chi connectivity index (χ3v) is 2.98. The van der Waals surface area contributed by atoms with Gasteiger partial charge in [0.05, 0.1) is 6.54 Å². The van der Waals surface area contributed by atoms with E-state index in [2.05, 4.69) is 15.6 Å². The summed E-state index contributed by atoms with van der Waals surface area (Å²) >= 11 is 0. The molecule has 1 unspecified atom stereocenters. The van der Waals surface area contributed by atoms with Gasteiger partial charge in [-0.3, -0.25) is 0 Å². The molecular formula is C15H28IN3O3. The van der Waals surface area contributed by atoms with Gasteiger partial charge >= 0.3 is 0 Å². The molecule has 22 heavy (non-hydrogen) atoms. The second kappa shape index (κ2) is 10.8. The van der Waals surface area contributed by atoms with Crippen molar-refractivity contribution in [3.63, 3.8) is 0 Å². The normalized spacial score (nSPS) is 14.1. The number of methoxy groups -OCH3 is 1. The lowest BCUT2D eigenvalue weighted by Gasteiger charge is -2.19. The van der Waals surface area contributed by atoms with Crippen LogP contribution in [0.2, 0.25) is 0 Å². The molecule has 0 radical (unpaired) electrons. The van der Waals surface area contributed by atoms with Crippen molar-refractivity contribution in [1.82, 2.24) is 10.6 Å². The Hall–Kier alpha value is -0.800. The second-order valence-corrected chi connectivity index (χ2v) is 5.15. The number of aryl methyl sites for hydroxylation is 1. The Labute approximate surface area is 149 Å². The lowest BCUT2D eigenvalue weighted by atomic mass is 10.0. The van der Waals surface area contributed by atoms with Crippen LogP contribution >= 0.6 is 24.0 Å². The number of halogens is 1. The minimum atomic E-state index is -1.12. The molecule has 0 aliphatic carbocycles. The number of aliphatic hydroxyl groups is 1. The highest BCUT2D eigenvalue weighted by Crippen LogP contribution is 2.22. The highest BCUT2D eigenvalue weighted by Gasteiger charge is 2.26. The van der Waals surface area contributed by atoms with Crippen LogP contribution in [-0.4, -0.2) is 44.4 Å². The van der Waals surface area contributed by atoms with Crippen LogP contribution in [-0.2, 0) is 10.3 Å². The first-order valence-corrected chi connectivity index (χ1v) is 7.30. The topological polar surface area (TPSA) is 79.0 Å². The van der Waals surface area contributed by atoms with E-state index >= 15 is 0 Å². The van der Waals surface area contributed by atoms with Crippen molar-refractivity contribution < 1.29 is 14.3 Å². The van der Waals surface area contributed by atoms with E-state index < -0.39 is 5.60 Å². The van der Waals surface area contributed by atoms with E-state index in [1.54, 1.807) is 20.1 Å². The Morgan fingerprint density at radius 2 is 2.14 bits per heavy atom. The lowest BCUT2D eigenvalue weighted by Crippen LogP contribution is -2.39. The van der Waals surface area contributed by atoms with Gasteiger partial charge in [-0.2, -0.15) is 0 Å². The average Bonchev–Trinajstić information content (AvgIpc) is 2.88. The van der Waals surface area contributed by atoms with Crippen molar-refractivity contribution in [2.45, 2.75) is 32.8 Å². The summed E-state index contributed by atoms with van der Waals surface area (Å²) in [6.45, 7) is 8.00. The van der Waals surface area contributed by atoms with Gasteiger partial charge in [-0.1, -0.05) is 0 Å². The number of guanidine groups is 1. The molecule has 0 fully saturated rings. The van der Waals surface area contributed by atoms with E-state index in [0.717, 1.165) is 25.3 Å². The molecule has 1 aromatic heterocycles. The second-order valence-electron chi connectivity index (χ2n) is 5.15. The number of nitrogens with one attached hydrogen (secondary N) is 2. The predicted octanol–water partition coefficient (Wildman–Crippen LogP) is 2.01. The third kappa shape index (κ3) is 7.46. The molecule has 0 aliphatic heterocycles. The molecule has 1 aromatic rings. The monoisotopic (exact) mass is 425 g/mol. The van der Waals surface area contributed by atoms with Gasteiger partial charge in [0, 0.05) is 26.8 Å². The lowest BCUT2D eigenvalue weighted by molar-refractivity contribution is 0.0428. The summed E-state index contributed by atoms with van der Waals surface area (Å²) in [6, 6.07) is 3.62. The van der Waals surface area contributed by atoms with E-state index in [0.29, 0.717) is 18.3 Å². The number of hydrogen-bond donors (Lipinski definition) is 3. The smallest absolute Gasteiger partial charge is 0.191 e. The Morgan fingerprint density at radius 1 is 1.41 bits per heavy atom. The largest absolute Gasteiger partial charge is 0.463 e. The Balaban J connectivity index is 0.00000441. The molecule has 1 heterocycles. The van der Waals surface area contributed by atoms with E-state index in [-0.39, 0.29) is 30.5 Å². The molecule has 1 rings (SSSR count). The quantitative estimate of drug-likeness (QED) is 0.257. The summed E-state index contributed by atoms with van der Waals surface area (Å²) in [5, 5.41) is 16.8. The first kappa shape index (κ1) is 21.2. The zero-order chi connectivity index (χ0) is 15.7. The molecule has 0 aliphatic rings. The molecule has 0 amide bonds. The molecule has 7 heteroatoms. The number of aliphatic imine (C=N–C) groups is 1. The van der Waals surface area contributed by atoms with Crippen molar-refractivity contribution >= 4 is 29.9 Å². The highest BCUT2D eigenvalue weighted by molar-refractivity contribution is 14.0. The zero-order valence-corrected chi connectivity index (χ0v) is 16.1. The van der Waals surface area contributed by atoms with Crippen molar-refractivity contribution in [2.75, 3.05) is 33.4 Å². The van der Waals surface area contributed by atoms with E-state index in [1.807, 2.05) is 19.9 Å². The van der Waals surface area contributed by atoms with Crippen molar-refractivity contribution in [3.8, 4) is 0 Å². The molecule has 128 valence electrons. The summed E-state index contributed by atoms with van der Waals surface area (Å²) in [7, 11) is 1.68. The number of furan rings is 1. The van der Waals surface area contributed by atoms with Gasteiger partial charge in [0.1, 0.15) is 17.1 Å². The minimum absolute atomic E-state index is 0. The van der Waals surface area contributed by atoms with Crippen LogP contribution in [0.4, 0.5) is 0 Å². The van der Waals surface area contributed by atoms with Gasteiger partial charge in [0.25, 0.3) is 0 Å². The molecule has 1 atom stereocenters. The van der Waals surface area contributed by atoms with Crippen LogP contribution in [0.1, 0.15) is 31.8 Å². The maximum absolute atomic E-state index is 10.4. The summed E-state index contributed by atoms with van der Waals surface area (Å²) < 4.78 is 10.5. The Bertz CT molecular complexity index is 447. The minimum Gasteiger partial charge on any atom is -0.463 e. The SMILES string of the molecule is CCNC(=NCC(C)(O)c1ccc(C)o1)NCCCOC.I. The molecule has 3 N–H and O–H groups in total. The number of hydrogen-bond acceptors (Lipinski definition) is 4. The van der Waals surface area contributed by atoms with Crippen LogP contribution < -0.4 is 10.6 Å². The molecule has 0 spiro atoms. The van der Waals surface area contributed by atoms with Gasteiger partial charge in [-0.05, 0) is 39.3 Å². The molecule has 0 aromatic carbocycles. The van der Waals surface area contributed by atoms with Crippen LogP contribution in [0, 0.1) is 6.92 Å². The van der Waals surface area contributed by atoms with Gasteiger partial charge < -0.3 is 24.9 Å². The first-order chi connectivity index (χ1) is 9.99. The standard InChI is InChI=1S/C15H27N3O3.HI/c1-5-16-14(17-9-6-10-20-4)18-11-15(3,19)13-8-7-12(2)21-13;/h7-8,19H,5-6,9-11H2,1-4H3,(H2,16,17,18);1H. The van der Waals surface area contributed by atoms with Gasteiger partial charge in [-0.25, -0.2) is 4.99 Å². The fraction of sp³-hybridized carbons (Fsp3) is 0.667. The fourth-order valence-electron chi connectivity index (χ4n) is 1.80. The fourth-order valence-corrected chi connectivity index (χ4v) is 1.80. The van der Waals surface area contributed by atoms with Crippen molar-refractivity contribution in [1.29, 1.82) is 0 Å². The number of ether oxygens (including phenoxy) is 1. The van der Waals surface area contributed by atoms with Gasteiger partial charge in [-0.15, -0.1) is 24.0 Å².